The predicted molar refractivity (Wildman–Crippen MR) is 183 cm³/mol. The average molecular weight is 685 g/mol. The van der Waals surface area contributed by atoms with Gasteiger partial charge >= 0.3 is 0 Å². The largest absolute Gasteiger partial charge is 0.293 e. The van der Waals surface area contributed by atoms with Crippen LogP contribution in [0, 0.1) is 0 Å². The Morgan fingerprint density at radius 1 is 0.604 bits per heavy atom. The van der Waals surface area contributed by atoms with E-state index in [2.05, 4.69) is 33.8 Å². The number of Topliss-reactive ketones (excluding diaryl/α,β-unsaturated/α-hetero) is 2. The summed E-state index contributed by atoms with van der Waals surface area (Å²) in [5.74, 6) is -0.109. The second kappa shape index (κ2) is 13.4. The van der Waals surface area contributed by atoms with Crippen LogP contribution in [0.15, 0.2) is 82.1 Å². The van der Waals surface area contributed by atoms with Crippen molar-refractivity contribution in [1.82, 2.24) is 19.9 Å². The summed E-state index contributed by atoms with van der Waals surface area (Å²) in [6.07, 6.45) is 8.33. The smallest absolute Gasteiger partial charge is 0.192 e. The molecule has 0 aliphatic heterocycles. The molecule has 12 heteroatoms. The number of aromatic nitrogens is 4. The molecule has 4 aromatic rings. The van der Waals surface area contributed by atoms with E-state index in [4.69, 9.17) is 0 Å². The van der Waals surface area contributed by atoms with Crippen LogP contribution in [0.3, 0.4) is 0 Å². The second-order valence-corrected chi connectivity index (χ2v) is 16.2. The van der Waals surface area contributed by atoms with E-state index < -0.39 is 19.7 Å². The lowest BCUT2D eigenvalue weighted by atomic mass is 10.0. The fraction of sp³-hybridized carbons (Fsp3) is 0.278. The summed E-state index contributed by atoms with van der Waals surface area (Å²) in [5.41, 5.74) is 11.3. The van der Waals surface area contributed by atoms with Crippen molar-refractivity contribution in [2.75, 3.05) is 12.5 Å². The Kier molecular flexibility index (Phi) is 9.70. The Balaban J connectivity index is 0.000000188. The lowest BCUT2D eigenvalue weighted by Gasteiger charge is -2.08. The molecule has 2 aliphatic carbocycles. The Morgan fingerprint density at radius 2 is 0.979 bits per heavy atom. The van der Waals surface area contributed by atoms with E-state index in [0.29, 0.717) is 24.2 Å². The minimum Gasteiger partial charge on any atom is -0.293 e. The van der Waals surface area contributed by atoms with Gasteiger partial charge in [-0.15, -0.1) is 0 Å². The number of ketones is 2. The molecule has 0 bridgehead atoms. The van der Waals surface area contributed by atoms with Crippen molar-refractivity contribution in [2.24, 2.45) is 0 Å². The molecule has 0 saturated heterocycles. The van der Waals surface area contributed by atoms with Gasteiger partial charge in [0.05, 0.1) is 11.4 Å². The minimum absolute atomic E-state index is 0.0547. The molecular formula is C36H36N4O6S2. The van der Waals surface area contributed by atoms with Gasteiger partial charge in [0.25, 0.3) is 0 Å². The molecule has 0 saturated carbocycles. The molecule has 0 spiro atoms. The van der Waals surface area contributed by atoms with E-state index in [1.807, 2.05) is 12.1 Å². The highest BCUT2D eigenvalue weighted by Gasteiger charge is 2.23. The van der Waals surface area contributed by atoms with Crippen molar-refractivity contribution in [1.29, 1.82) is 0 Å². The molecule has 10 nitrogen and oxygen atoms in total. The Morgan fingerprint density at radius 3 is 1.27 bits per heavy atom. The molecule has 0 aromatic carbocycles. The molecule has 0 N–H and O–H groups in total. The van der Waals surface area contributed by atoms with Gasteiger partial charge in [0.2, 0.25) is 0 Å². The first kappa shape index (κ1) is 34.6. The van der Waals surface area contributed by atoms with Crippen LogP contribution in [-0.2, 0) is 45.4 Å². The first-order chi connectivity index (χ1) is 22.5. The topological polar surface area (TPSA) is 154 Å². The van der Waals surface area contributed by atoms with Crippen LogP contribution in [0.5, 0.6) is 0 Å². The second-order valence-electron chi connectivity index (χ2n) is 12.3. The van der Waals surface area contributed by atoms with E-state index in [1.165, 1.54) is 37.1 Å². The zero-order valence-corrected chi connectivity index (χ0v) is 29.3. The van der Waals surface area contributed by atoms with Gasteiger partial charge in [-0.25, -0.2) is 36.8 Å². The SMILES string of the molecule is CC(=O)c1ccc2c(n1)C(Cc1ccc(S(C)(=O)=O)nc1)=C(C)C2.CC(=O)c1ccc2c(n1)C(Cc1ccc(S(C)(=O)=O)nc1)=C(C)C2. The molecule has 48 heavy (non-hydrogen) atoms. The quantitative estimate of drug-likeness (QED) is 0.223. The van der Waals surface area contributed by atoms with E-state index in [1.54, 1.807) is 36.7 Å². The molecule has 2 aliphatic rings. The van der Waals surface area contributed by atoms with Crippen LogP contribution in [0.25, 0.3) is 11.1 Å². The number of carbonyl (C=O) groups is 2. The van der Waals surface area contributed by atoms with Crippen molar-refractivity contribution < 1.29 is 26.4 Å². The average Bonchev–Trinajstić information content (AvgIpc) is 3.50. The van der Waals surface area contributed by atoms with E-state index in [0.717, 1.165) is 70.1 Å². The van der Waals surface area contributed by atoms with Gasteiger partial charge in [0, 0.05) is 51.6 Å². The molecule has 0 fully saturated rings. The zero-order chi connectivity index (χ0) is 35.0. The fourth-order valence-electron chi connectivity index (χ4n) is 5.71. The monoisotopic (exact) mass is 684 g/mol. The molecule has 4 aromatic heterocycles. The predicted octanol–water partition coefficient (Wildman–Crippen LogP) is 5.31. The third-order valence-corrected chi connectivity index (χ3v) is 10.3. The van der Waals surface area contributed by atoms with Crippen LogP contribution in [-0.4, -0.2) is 60.8 Å². The summed E-state index contributed by atoms with van der Waals surface area (Å²) < 4.78 is 46.0. The molecule has 0 amide bonds. The molecule has 6 rings (SSSR count). The molecule has 0 unspecified atom stereocenters. The maximum absolute atomic E-state index is 11.6. The number of carbonyl (C=O) groups excluding carboxylic acids is 2. The van der Waals surface area contributed by atoms with Crippen molar-refractivity contribution >= 4 is 42.4 Å². The van der Waals surface area contributed by atoms with Gasteiger partial charge in [-0.3, -0.25) is 9.59 Å². The first-order valence-corrected chi connectivity index (χ1v) is 19.0. The number of nitrogens with zero attached hydrogens (tertiary/aromatic N) is 4. The third-order valence-electron chi connectivity index (χ3n) is 8.31. The van der Waals surface area contributed by atoms with Crippen LogP contribution < -0.4 is 0 Å². The number of sulfone groups is 2. The molecule has 0 radical (unpaired) electrons. The number of hydrogen-bond acceptors (Lipinski definition) is 10. The Bertz CT molecular complexity index is 2080. The summed E-state index contributed by atoms with van der Waals surface area (Å²) in [5, 5.41) is 0.140. The van der Waals surface area contributed by atoms with Crippen molar-refractivity contribution in [2.45, 2.75) is 63.4 Å². The maximum atomic E-state index is 11.6. The van der Waals surface area contributed by atoms with Crippen molar-refractivity contribution in [3.05, 3.63) is 117 Å². The van der Waals surface area contributed by atoms with Crippen molar-refractivity contribution in [3.63, 3.8) is 0 Å². The van der Waals surface area contributed by atoms with Gasteiger partial charge in [0.15, 0.2) is 41.3 Å². The van der Waals surface area contributed by atoms with Crippen molar-refractivity contribution in [3.8, 4) is 0 Å². The highest BCUT2D eigenvalue weighted by atomic mass is 32.2. The molecule has 248 valence electrons. The Hall–Kier alpha value is -4.68. The van der Waals surface area contributed by atoms with Gasteiger partial charge in [-0.05, 0) is 84.4 Å². The standard InChI is InChI=1S/2C18H18N2O3S/c2*1-11-8-14-5-6-16(12(2)21)20-18(14)15(11)9-13-4-7-17(19-10-13)24(3,22)23/h2*4-7,10H,8-9H2,1-3H3. The van der Waals surface area contributed by atoms with E-state index in [-0.39, 0.29) is 21.6 Å². The zero-order valence-electron chi connectivity index (χ0n) is 27.7. The fourth-order valence-corrected chi connectivity index (χ4v) is 6.83. The number of allylic oxidation sites excluding steroid dienone is 4. The lowest BCUT2D eigenvalue weighted by Crippen LogP contribution is -2.03. The summed E-state index contributed by atoms with van der Waals surface area (Å²) in [7, 11) is -6.59. The first-order valence-electron chi connectivity index (χ1n) is 15.2. The van der Waals surface area contributed by atoms with E-state index >= 15 is 0 Å². The van der Waals surface area contributed by atoms with Gasteiger partial charge in [-0.1, -0.05) is 35.4 Å². The lowest BCUT2D eigenvalue weighted by molar-refractivity contribution is 0.100. The molecule has 4 heterocycles. The minimum atomic E-state index is -3.29. The van der Waals surface area contributed by atoms with Crippen LogP contribution in [0.2, 0.25) is 0 Å². The van der Waals surface area contributed by atoms with Gasteiger partial charge < -0.3 is 0 Å². The van der Waals surface area contributed by atoms with Crippen LogP contribution in [0.4, 0.5) is 0 Å². The van der Waals surface area contributed by atoms with E-state index in [9.17, 15) is 26.4 Å². The number of hydrogen-bond donors (Lipinski definition) is 0. The number of fused-ring (bicyclic) bond motifs is 2. The van der Waals surface area contributed by atoms with Crippen LogP contribution in [0.1, 0.15) is 82.3 Å². The summed E-state index contributed by atoms with van der Waals surface area (Å²) in [6.45, 7) is 7.13. The summed E-state index contributed by atoms with van der Waals surface area (Å²) >= 11 is 0. The third kappa shape index (κ3) is 7.71. The normalized spacial score (nSPS) is 14.0. The maximum Gasteiger partial charge on any atom is 0.192 e. The highest BCUT2D eigenvalue weighted by molar-refractivity contribution is 7.90. The highest BCUT2D eigenvalue weighted by Crippen LogP contribution is 2.35. The van der Waals surface area contributed by atoms with Gasteiger partial charge in [-0.2, -0.15) is 0 Å². The molecular weight excluding hydrogens is 649 g/mol. The summed E-state index contributed by atoms with van der Waals surface area (Å²) in [4.78, 5) is 40.3. The number of rotatable bonds is 8. The van der Waals surface area contributed by atoms with Gasteiger partial charge in [0.1, 0.15) is 11.4 Å². The molecule has 0 atom stereocenters. The Labute approximate surface area is 281 Å². The van der Waals surface area contributed by atoms with Crippen LogP contribution >= 0.6 is 0 Å². The summed E-state index contributed by atoms with van der Waals surface area (Å²) in [6, 6.07) is 14.0. The number of pyridine rings is 4.